The van der Waals surface area contributed by atoms with Gasteiger partial charge in [-0.15, -0.1) is 10.2 Å². The standard InChI is InChI=1S/C13H17N7O2/c1-4-10-18-19-11(22-10)6-14-12-8-5-15-20(2)13(8)17-9(16-12)7-21-3/h5H,4,6-7H2,1-3H3,(H,14,16,17). The van der Waals surface area contributed by atoms with Crippen molar-refractivity contribution in [2.45, 2.75) is 26.5 Å². The van der Waals surface area contributed by atoms with Gasteiger partial charge >= 0.3 is 0 Å². The van der Waals surface area contributed by atoms with Crippen LogP contribution in [0.25, 0.3) is 11.0 Å². The molecule has 9 heteroatoms. The van der Waals surface area contributed by atoms with Crippen LogP contribution in [-0.2, 0) is 31.4 Å². The highest BCUT2D eigenvalue weighted by Gasteiger charge is 2.12. The summed E-state index contributed by atoms with van der Waals surface area (Å²) < 4.78 is 12.3. The van der Waals surface area contributed by atoms with Crippen molar-refractivity contribution in [1.29, 1.82) is 0 Å². The molecule has 0 aromatic carbocycles. The number of rotatable bonds is 6. The average molecular weight is 303 g/mol. The van der Waals surface area contributed by atoms with Crippen molar-refractivity contribution in [3.8, 4) is 0 Å². The van der Waals surface area contributed by atoms with E-state index in [0.29, 0.717) is 43.0 Å². The summed E-state index contributed by atoms with van der Waals surface area (Å²) in [6.45, 7) is 2.68. The van der Waals surface area contributed by atoms with Gasteiger partial charge in [0.1, 0.15) is 12.4 Å². The molecule has 0 atom stereocenters. The van der Waals surface area contributed by atoms with Gasteiger partial charge in [-0.05, 0) is 0 Å². The van der Waals surface area contributed by atoms with Gasteiger partial charge in [0.25, 0.3) is 0 Å². The summed E-state index contributed by atoms with van der Waals surface area (Å²) >= 11 is 0. The average Bonchev–Trinajstić information content (AvgIpc) is 3.13. The van der Waals surface area contributed by atoms with E-state index in [4.69, 9.17) is 9.15 Å². The number of nitrogens with one attached hydrogen (secondary N) is 1. The number of nitrogens with zero attached hydrogens (tertiary/aromatic N) is 6. The van der Waals surface area contributed by atoms with Gasteiger partial charge in [-0.2, -0.15) is 5.10 Å². The van der Waals surface area contributed by atoms with E-state index in [9.17, 15) is 0 Å². The van der Waals surface area contributed by atoms with Crippen molar-refractivity contribution in [1.82, 2.24) is 29.9 Å². The number of methoxy groups -OCH3 is 1. The van der Waals surface area contributed by atoms with E-state index in [1.165, 1.54) is 0 Å². The largest absolute Gasteiger partial charge is 0.423 e. The molecular formula is C13H17N7O2. The Bertz CT molecular complexity index is 780. The third-order valence-electron chi connectivity index (χ3n) is 3.13. The summed E-state index contributed by atoms with van der Waals surface area (Å²) in [5.41, 5.74) is 0.740. The van der Waals surface area contributed by atoms with Crippen LogP contribution in [0, 0.1) is 0 Å². The molecule has 0 amide bonds. The molecule has 0 fully saturated rings. The molecule has 3 heterocycles. The highest BCUT2D eigenvalue weighted by Crippen LogP contribution is 2.20. The Labute approximate surface area is 126 Å². The Hall–Kier alpha value is -2.55. The summed E-state index contributed by atoms with van der Waals surface area (Å²) in [6, 6.07) is 0. The van der Waals surface area contributed by atoms with Gasteiger partial charge in [-0.1, -0.05) is 6.92 Å². The maximum Gasteiger partial charge on any atom is 0.235 e. The second-order valence-electron chi connectivity index (χ2n) is 4.72. The molecule has 0 radical (unpaired) electrons. The SMILES string of the molecule is CCc1nnc(CNc2nc(COC)nc3c2cnn3C)o1. The van der Waals surface area contributed by atoms with Crippen LogP contribution in [0.4, 0.5) is 5.82 Å². The quantitative estimate of drug-likeness (QED) is 0.721. The van der Waals surface area contributed by atoms with Crippen LogP contribution in [0.2, 0.25) is 0 Å². The molecule has 9 nitrogen and oxygen atoms in total. The molecule has 22 heavy (non-hydrogen) atoms. The third kappa shape index (κ3) is 2.75. The van der Waals surface area contributed by atoms with Crippen LogP contribution in [0.15, 0.2) is 10.6 Å². The summed E-state index contributed by atoms with van der Waals surface area (Å²) in [7, 11) is 3.44. The van der Waals surface area contributed by atoms with Gasteiger partial charge in [-0.3, -0.25) is 4.68 Å². The van der Waals surface area contributed by atoms with Crippen molar-refractivity contribution < 1.29 is 9.15 Å². The van der Waals surface area contributed by atoms with Crippen LogP contribution >= 0.6 is 0 Å². The monoisotopic (exact) mass is 303 g/mol. The maximum absolute atomic E-state index is 5.48. The number of ether oxygens (including phenoxy) is 1. The number of hydrogen-bond acceptors (Lipinski definition) is 8. The van der Waals surface area contributed by atoms with Crippen molar-refractivity contribution in [3.05, 3.63) is 23.8 Å². The first-order valence-electron chi connectivity index (χ1n) is 6.94. The predicted molar refractivity (Wildman–Crippen MR) is 78.0 cm³/mol. The van der Waals surface area contributed by atoms with E-state index < -0.39 is 0 Å². The predicted octanol–water partition coefficient (Wildman–Crippen LogP) is 1.07. The van der Waals surface area contributed by atoms with Crippen molar-refractivity contribution in [3.63, 3.8) is 0 Å². The topological polar surface area (TPSA) is 104 Å². The van der Waals surface area contributed by atoms with Gasteiger partial charge in [0.05, 0.1) is 18.1 Å². The lowest BCUT2D eigenvalue weighted by atomic mass is 10.3. The van der Waals surface area contributed by atoms with Crippen LogP contribution in [0.1, 0.15) is 24.5 Å². The second-order valence-corrected chi connectivity index (χ2v) is 4.72. The molecule has 0 aliphatic rings. The Balaban J connectivity index is 1.88. The van der Waals surface area contributed by atoms with Crippen LogP contribution in [0.5, 0.6) is 0 Å². The van der Waals surface area contributed by atoms with E-state index in [2.05, 4.69) is 30.6 Å². The Morgan fingerprint density at radius 3 is 2.82 bits per heavy atom. The third-order valence-corrected chi connectivity index (χ3v) is 3.13. The van der Waals surface area contributed by atoms with Gasteiger partial charge in [0.2, 0.25) is 11.8 Å². The first kappa shape index (κ1) is 14.4. The Morgan fingerprint density at radius 2 is 2.09 bits per heavy atom. The minimum absolute atomic E-state index is 0.330. The van der Waals surface area contributed by atoms with Crippen molar-refractivity contribution in [2.75, 3.05) is 12.4 Å². The molecule has 3 rings (SSSR count). The van der Waals surface area contributed by atoms with Gasteiger partial charge in [0.15, 0.2) is 11.5 Å². The molecular weight excluding hydrogens is 286 g/mol. The molecule has 0 aliphatic heterocycles. The van der Waals surface area contributed by atoms with Gasteiger partial charge in [0, 0.05) is 20.6 Å². The Kier molecular flexibility index (Phi) is 3.96. The summed E-state index contributed by atoms with van der Waals surface area (Å²) in [5.74, 6) is 2.38. The molecule has 0 aliphatic carbocycles. The second kappa shape index (κ2) is 6.06. The summed E-state index contributed by atoms with van der Waals surface area (Å²) in [4.78, 5) is 8.89. The highest BCUT2D eigenvalue weighted by atomic mass is 16.5. The van der Waals surface area contributed by atoms with Crippen molar-refractivity contribution in [2.24, 2.45) is 7.05 Å². The minimum atomic E-state index is 0.330. The lowest BCUT2D eigenvalue weighted by Gasteiger charge is -2.07. The molecule has 1 N–H and O–H groups in total. The van der Waals surface area contributed by atoms with Crippen LogP contribution in [0.3, 0.4) is 0 Å². The lowest BCUT2D eigenvalue weighted by Crippen LogP contribution is -2.07. The molecule has 0 bridgehead atoms. The fraction of sp³-hybridized carbons (Fsp3) is 0.462. The lowest BCUT2D eigenvalue weighted by molar-refractivity contribution is 0.178. The summed E-state index contributed by atoms with van der Waals surface area (Å²) in [5, 5.41) is 16.2. The number of aryl methyl sites for hydroxylation is 2. The van der Waals surface area contributed by atoms with Crippen LogP contribution < -0.4 is 5.32 Å². The van der Waals surface area contributed by atoms with E-state index >= 15 is 0 Å². The molecule has 0 spiro atoms. The maximum atomic E-state index is 5.48. The molecule has 116 valence electrons. The molecule has 3 aromatic rings. The van der Waals surface area contributed by atoms with E-state index in [1.807, 2.05) is 14.0 Å². The highest BCUT2D eigenvalue weighted by molar-refractivity contribution is 5.86. The minimum Gasteiger partial charge on any atom is -0.423 e. The zero-order chi connectivity index (χ0) is 15.5. The van der Waals surface area contributed by atoms with E-state index in [1.54, 1.807) is 18.0 Å². The fourth-order valence-electron chi connectivity index (χ4n) is 2.06. The molecule has 0 saturated carbocycles. The van der Waals surface area contributed by atoms with Gasteiger partial charge < -0.3 is 14.5 Å². The van der Waals surface area contributed by atoms with E-state index in [0.717, 1.165) is 11.0 Å². The molecule has 0 unspecified atom stereocenters. The van der Waals surface area contributed by atoms with E-state index in [-0.39, 0.29) is 0 Å². The summed E-state index contributed by atoms with van der Waals surface area (Å²) in [6.07, 6.45) is 2.44. The number of hydrogen-bond donors (Lipinski definition) is 1. The zero-order valence-electron chi connectivity index (χ0n) is 12.7. The number of aromatic nitrogens is 6. The smallest absolute Gasteiger partial charge is 0.235 e. The van der Waals surface area contributed by atoms with Crippen LogP contribution in [-0.4, -0.2) is 37.1 Å². The first-order valence-corrected chi connectivity index (χ1v) is 6.94. The normalized spacial score (nSPS) is 11.2. The number of fused-ring (bicyclic) bond motifs is 1. The Morgan fingerprint density at radius 1 is 1.27 bits per heavy atom. The fourth-order valence-corrected chi connectivity index (χ4v) is 2.06. The zero-order valence-corrected chi connectivity index (χ0v) is 12.7. The first-order chi connectivity index (χ1) is 10.7. The number of anilines is 1. The van der Waals surface area contributed by atoms with Gasteiger partial charge in [-0.25, -0.2) is 9.97 Å². The molecule has 0 saturated heterocycles. The molecule has 3 aromatic heterocycles. The van der Waals surface area contributed by atoms with Crippen molar-refractivity contribution >= 4 is 16.9 Å².